The van der Waals surface area contributed by atoms with Crippen LogP contribution in [0.1, 0.15) is 19.3 Å². The minimum Gasteiger partial charge on any atom is -0.481 e. The molecule has 4 unspecified atom stereocenters. The van der Waals surface area contributed by atoms with Crippen LogP contribution in [0, 0.1) is 0 Å². The Morgan fingerprint density at radius 2 is 1.37 bits per heavy atom. The van der Waals surface area contributed by atoms with Crippen molar-refractivity contribution in [3.8, 4) is 0 Å². The number of carboxylic acid groups (broad SMARTS) is 2. The Bertz CT molecular complexity index is 675. The second kappa shape index (κ2) is 13.3. The number of aliphatic hydroxyl groups is 1. The second-order valence-electron chi connectivity index (χ2n) is 6.10. The molecular weight excluding hydrogens is 426 g/mol. The molecule has 10 N–H and O–H groups in total. The monoisotopic (exact) mass is 451 g/mol. The van der Waals surface area contributed by atoms with E-state index in [0.29, 0.717) is 0 Å². The van der Waals surface area contributed by atoms with E-state index in [9.17, 15) is 28.8 Å². The number of hydrogen-bond acceptors (Lipinski definition) is 9. The summed E-state index contributed by atoms with van der Waals surface area (Å²) in [6, 6.07) is -5.84. The van der Waals surface area contributed by atoms with Gasteiger partial charge in [0.15, 0.2) is 0 Å². The summed E-state index contributed by atoms with van der Waals surface area (Å²) in [5.41, 5.74) is 10.5. The number of nitrogens with one attached hydrogen (secondary N) is 3. The lowest BCUT2D eigenvalue weighted by atomic mass is 10.1. The Balaban J connectivity index is 5.24. The van der Waals surface area contributed by atoms with Gasteiger partial charge in [0.25, 0.3) is 0 Å². The summed E-state index contributed by atoms with van der Waals surface area (Å²) >= 11 is 3.89. The fraction of sp³-hybridized carbons (Fsp3) is 0.600. The summed E-state index contributed by atoms with van der Waals surface area (Å²) in [4.78, 5) is 69.2. The predicted molar refractivity (Wildman–Crippen MR) is 103 cm³/mol. The van der Waals surface area contributed by atoms with Gasteiger partial charge in [-0.2, -0.15) is 12.6 Å². The maximum absolute atomic E-state index is 12.5. The van der Waals surface area contributed by atoms with E-state index in [-0.39, 0.29) is 18.6 Å². The van der Waals surface area contributed by atoms with Gasteiger partial charge >= 0.3 is 11.9 Å². The number of carbonyl (C=O) groups is 6. The molecule has 0 saturated carbocycles. The quantitative estimate of drug-likeness (QED) is 0.114. The number of carbonyl (C=O) groups excluding carboxylic acids is 4. The number of thiol groups is 1. The average molecular weight is 451 g/mol. The van der Waals surface area contributed by atoms with Crippen molar-refractivity contribution in [2.45, 2.75) is 43.4 Å². The number of aliphatic carboxylic acids is 2. The van der Waals surface area contributed by atoms with E-state index in [1.54, 1.807) is 0 Å². The molecule has 15 heteroatoms. The molecule has 30 heavy (non-hydrogen) atoms. The number of amides is 4. The molecule has 0 spiro atoms. The van der Waals surface area contributed by atoms with Gasteiger partial charge in [-0.05, 0) is 6.42 Å². The third-order valence-electron chi connectivity index (χ3n) is 3.66. The highest BCUT2D eigenvalue weighted by Gasteiger charge is 2.30. The van der Waals surface area contributed by atoms with Crippen LogP contribution in [0.25, 0.3) is 0 Å². The van der Waals surface area contributed by atoms with Gasteiger partial charge in [0, 0.05) is 12.2 Å². The number of rotatable bonds is 14. The first-order chi connectivity index (χ1) is 13.9. The summed E-state index contributed by atoms with van der Waals surface area (Å²) < 4.78 is 0. The van der Waals surface area contributed by atoms with Crippen molar-refractivity contribution in [2.75, 3.05) is 12.4 Å². The molecule has 0 aliphatic heterocycles. The van der Waals surface area contributed by atoms with E-state index in [1.807, 2.05) is 5.32 Å². The molecule has 0 rings (SSSR count). The van der Waals surface area contributed by atoms with E-state index >= 15 is 0 Å². The molecule has 4 atom stereocenters. The molecule has 0 heterocycles. The smallest absolute Gasteiger partial charge is 0.328 e. The summed E-state index contributed by atoms with van der Waals surface area (Å²) in [7, 11) is 0. The fourth-order valence-corrected chi connectivity index (χ4v) is 2.30. The molecule has 4 amide bonds. The van der Waals surface area contributed by atoms with Gasteiger partial charge in [0.1, 0.15) is 18.1 Å². The standard InChI is InChI=1S/C15H25N5O9S/c16-6(3-11(23)24)12(25)18-7(1-2-10(17)22)13(26)20-9(5-30)14(27)19-8(4-21)15(28)29/h6-9,21,30H,1-5,16H2,(H2,17,22)(H,18,25)(H,19,27)(H,20,26)(H,23,24)(H,28,29). The van der Waals surface area contributed by atoms with Crippen molar-refractivity contribution < 1.29 is 44.1 Å². The fourth-order valence-electron chi connectivity index (χ4n) is 2.04. The van der Waals surface area contributed by atoms with Gasteiger partial charge < -0.3 is 42.7 Å². The molecule has 0 bridgehead atoms. The van der Waals surface area contributed by atoms with Crippen LogP contribution in [0.5, 0.6) is 0 Å². The zero-order chi connectivity index (χ0) is 23.4. The first kappa shape index (κ1) is 27.1. The third-order valence-corrected chi connectivity index (χ3v) is 4.02. The second-order valence-corrected chi connectivity index (χ2v) is 6.46. The zero-order valence-corrected chi connectivity index (χ0v) is 16.6. The lowest BCUT2D eigenvalue weighted by Gasteiger charge is -2.23. The first-order valence-electron chi connectivity index (χ1n) is 8.54. The van der Waals surface area contributed by atoms with Crippen LogP contribution in [0.15, 0.2) is 0 Å². The minimum atomic E-state index is -1.61. The Kier molecular flexibility index (Phi) is 12.0. The summed E-state index contributed by atoms with van der Waals surface area (Å²) in [6.45, 7) is -0.896. The predicted octanol–water partition coefficient (Wildman–Crippen LogP) is -4.48. The van der Waals surface area contributed by atoms with Crippen LogP contribution in [-0.4, -0.2) is 87.4 Å². The van der Waals surface area contributed by atoms with Crippen LogP contribution in [-0.2, 0) is 28.8 Å². The minimum absolute atomic E-state index is 0.273. The van der Waals surface area contributed by atoms with Gasteiger partial charge in [-0.1, -0.05) is 0 Å². The molecule has 0 aromatic heterocycles. The summed E-state index contributed by atoms with van der Waals surface area (Å²) in [6.07, 6.45) is -1.31. The van der Waals surface area contributed by atoms with E-state index in [2.05, 4.69) is 23.3 Å². The largest absolute Gasteiger partial charge is 0.481 e. The molecule has 0 aromatic carbocycles. The summed E-state index contributed by atoms with van der Waals surface area (Å²) in [5, 5.41) is 32.9. The molecule has 0 aromatic rings. The Hall–Kier alpha value is -2.91. The van der Waals surface area contributed by atoms with Crippen LogP contribution < -0.4 is 27.4 Å². The highest BCUT2D eigenvalue weighted by Crippen LogP contribution is 2.02. The maximum atomic E-state index is 12.5. The summed E-state index contributed by atoms with van der Waals surface area (Å²) in [5.74, 6) is -6.81. The highest BCUT2D eigenvalue weighted by atomic mass is 32.1. The molecule has 170 valence electrons. The molecule has 0 fully saturated rings. The van der Waals surface area contributed by atoms with Crippen LogP contribution in [0.2, 0.25) is 0 Å². The Labute approximate surface area is 176 Å². The average Bonchev–Trinajstić information content (AvgIpc) is 2.65. The maximum Gasteiger partial charge on any atom is 0.328 e. The molecular formula is C15H25N5O9S. The van der Waals surface area contributed by atoms with Crippen molar-refractivity contribution in [3.05, 3.63) is 0 Å². The lowest BCUT2D eigenvalue weighted by Crippen LogP contribution is -2.58. The topological polar surface area (TPSA) is 251 Å². The normalized spacial score (nSPS) is 14.5. The van der Waals surface area contributed by atoms with Crippen LogP contribution in [0.4, 0.5) is 0 Å². The SMILES string of the molecule is NC(=O)CCC(NC(=O)C(N)CC(=O)O)C(=O)NC(CS)C(=O)NC(CO)C(=O)O. The van der Waals surface area contributed by atoms with Gasteiger partial charge in [-0.15, -0.1) is 0 Å². The number of nitrogens with two attached hydrogens (primary N) is 2. The van der Waals surface area contributed by atoms with E-state index in [1.165, 1.54) is 0 Å². The highest BCUT2D eigenvalue weighted by molar-refractivity contribution is 7.80. The van der Waals surface area contributed by atoms with Crippen molar-refractivity contribution in [2.24, 2.45) is 11.5 Å². The van der Waals surface area contributed by atoms with E-state index < -0.39 is 72.8 Å². The molecule has 0 aliphatic rings. The van der Waals surface area contributed by atoms with Crippen molar-refractivity contribution >= 4 is 48.2 Å². The molecule has 0 aliphatic carbocycles. The lowest BCUT2D eigenvalue weighted by molar-refractivity contribution is -0.143. The van der Waals surface area contributed by atoms with E-state index in [4.69, 9.17) is 26.8 Å². The molecule has 0 saturated heterocycles. The Morgan fingerprint density at radius 3 is 1.80 bits per heavy atom. The van der Waals surface area contributed by atoms with Crippen LogP contribution >= 0.6 is 12.6 Å². The van der Waals surface area contributed by atoms with Gasteiger partial charge in [0.2, 0.25) is 23.6 Å². The molecule has 14 nitrogen and oxygen atoms in total. The van der Waals surface area contributed by atoms with Gasteiger partial charge in [-0.25, -0.2) is 4.79 Å². The number of aliphatic hydroxyl groups excluding tert-OH is 1. The zero-order valence-electron chi connectivity index (χ0n) is 15.7. The number of carboxylic acids is 2. The van der Waals surface area contributed by atoms with Gasteiger partial charge in [0.05, 0.1) is 19.1 Å². The van der Waals surface area contributed by atoms with Crippen molar-refractivity contribution in [3.63, 3.8) is 0 Å². The van der Waals surface area contributed by atoms with Crippen LogP contribution in [0.3, 0.4) is 0 Å². The van der Waals surface area contributed by atoms with Crippen molar-refractivity contribution in [1.29, 1.82) is 0 Å². The van der Waals surface area contributed by atoms with E-state index in [0.717, 1.165) is 0 Å². The Morgan fingerprint density at radius 1 is 0.867 bits per heavy atom. The third kappa shape index (κ3) is 10.0. The number of primary amides is 1. The first-order valence-corrected chi connectivity index (χ1v) is 9.17. The molecule has 0 radical (unpaired) electrons. The van der Waals surface area contributed by atoms with Gasteiger partial charge in [-0.3, -0.25) is 24.0 Å². The number of hydrogen-bond donors (Lipinski definition) is 9. The van der Waals surface area contributed by atoms with Crippen molar-refractivity contribution in [1.82, 2.24) is 16.0 Å².